The summed E-state index contributed by atoms with van der Waals surface area (Å²) in [6.07, 6.45) is -1.13. The summed E-state index contributed by atoms with van der Waals surface area (Å²) in [7, 11) is 0. The molecule has 0 spiro atoms. The number of hydrogen-bond acceptors (Lipinski definition) is 6. The summed E-state index contributed by atoms with van der Waals surface area (Å²) < 4.78 is 15.6. The monoisotopic (exact) mass is 360 g/mol. The highest BCUT2D eigenvalue weighted by Gasteiger charge is 2.22. The molecule has 0 saturated carbocycles. The fourth-order valence-corrected chi connectivity index (χ4v) is 2.01. The topological polar surface area (TPSA) is 103 Å². The number of benzene rings is 2. The van der Waals surface area contributed by atoms with Gasteiger partial charge in [-0.2, -0.15) is 0 Å². The van der Waals surface area contributed by atoms with E-state index in [1.165, 1.54) is 0 Å². The first-order valence-corrected chi connectivity index (χ1v) is 8.35. The molecule has 2 aromatic carbocycles. The van der Waals surface area contributed by atoms with Crippen molar-refractivity contribution < 1.29 is 24.1 Å². The van der Waals surface area contributed by atoms with Crippen molar-refractivity contribution in [1.29, 1.82) is 0 Å². The molecule has 0 aromatic heterocycles. The van der Waals surface area contributed by atoms with Gasteiger partial charge in [-0.15, -0.1) is 0 Å². The first kappa shape index (κ1) is 19.6. The smallest absolute Gasteiger partial charge is 0.407 e. The van der Waals surface area contributed by atoms with E-state index in [1.54, 1.807) is 0 Å². The third-order valence-electron chi connectivity index (χ3n) is 3.38. The largest absolute Gasteiger partial charge is 0.491 e. The van der Waals surface area contributed by atoms with Gasteiger partial charge < -0.3 is 30.4 Å². The molecule has 2 atom stereocenters. The van der Waals surface area contributed by atoms with Crippen molar-refractivity contribution in [1.82, 2.24) is 5.32 Å². The second kappa shape index (κ2) is 11.0. The van der Waals surface area contributed by atoms with E-state index in [0.29, 0.717) is 13.2 Å². The molecule has 7 nitrogen and oxygen atoms in total. The van der Waals surface area contributed by atoms with Gasteiger partial charge in [0.2, 0.25) is 0 Å². The minimum absolute atomic E-state index is 0.178. The van der Waals surface area contributed by atoms with Crippen molar-refractivity contribution >= 4 is 6.09 Å². The minimum atomic E-state index is -0.579. The Kier molecular flexibility index (Phi) is 8.25. The maximum absolute atomic E-state index is 10.7. The van der Waals surface area contributed by atoms with Gasteiger partial charge in [-0.25, -0.2) is 4.79 Å². The van der Waals surface area contributed by atoms with Crippen LogP contribution in [0.3, 0.4) is 0 Å². The van der Waals surface area contributed by atoms with Crippen LogP contribution in [0.2, 0.25) is 0 Å². The second-order valence-electron chi connectivity index (χ2n) is 5.55. The number of carbonyl (C=O) groups is 1. The normalized spacial score (nSPS) is 16.5. The minimum Gasteiger partial charge on any atom is -0.491 e. The van der Waals surface area contributed by atoms with Crippen LogP contribution in [0.1, 0.15) is 0 Å². The summed E-state index contributed by atoms with van der Waals surface area (Å²) in [5.74, 6) is 1.54. The van der Waals surface area contributed by atoms with Gasteiger partial charge in [0.15, 0.2) is 6.10 Å². The lowest BCUT2D eigenvalue weighted by molar-refractivity contribution is 0.105. The summed E-state index contributed by atoms with van der Waals surface area (Å²) in [5.41, 5.74) is 5.21. The van der Waals surface area contributed by atoms with Gasteiger partial charge in [-0.05, 0) is 24.3 Å². The predicted octanol–water partition coefficient (Wildman–Crippen LogP) is 1.56. The molecule has 0 radical (unpaired) electrons. The lowest BCUT2D eigenvalue weighted by Crippen LogP contribution is -2.26. The molecule has 1 aliphatic heterocycles. The number of ether oxygens (including phenoxy) is 3. The molecule has 1 heterocycles. The fourth-order valence-electron chi connectivity index (χ4n) is 2.01. The van der Waals surface area contributed by atoms with Gasteiger partial charge in [0.1, 0.15) is 30.8 Å². The summed E-state index contributed by atoms with van der Waals surface area (Å²) >= 11 is 0. The van der Waals surface area contributed by atoms with E-state index >= 15 is 0 Å². The van der Waals surface area contributed by atoms with Crippen molar-refractivity contribution in [3.8, 4) is 11.5 Å². The standard InChI is InChI=1S/C10H11NO3.C9H13NO2/c12-10-11-6-9(14-10)7-13-8-4-2-1-3-5-8;10-6-8(11)7-12-9-4-2-1-3-5-9/h1-5,9H,6-7H2,(H,11,12);1-5,8,11H,6-7,10H2. The number of aliphatic hydroxyl groups is 1. The third-order valence-corrected chi connectivity index (χ3v) is 3.38. The van der Waals surface area contributed by atoms with Gasteiger partial charge in [0.25, 0.3) is 0 Å². The Bertz CT molecular complexity index is 639. The van der Waals surface area contributed by atoms with Crippen LogP contribution in [0.4, 0.5) is 4.79 Å². The number of aliphatic hydroxyl groups excluding tert-OH is 1. The molecule has 2 unspecified atom stereocenters. The predicted molar refractivity (Wildman–Crippen MR) is 97.2 cm³/mol. The number of carbonyl (C=O) groups excluding carboxylic acids is 1. The third kappa shape index (κ3) is 7.42. The maximum Gasteiger partial charge on any atom is 0.407 e. The first-order chi connectivity index (χ1) is 12.7. The molecule has 2 aromatic rings. The Labute approximate surface area is 152 Å². The molecule has 1 aliphatic rings. The van der Waals surface area contributed by atoms with Crippen LogP contribution in [0.5, 0.6) is 11.5 Å². The molecule has 0 bridgehead atoms. The van der Waals surface area contributed by atoms with Crippen LogP contribution in [-0.4, -0.2) is 49.7 Å². The lowest BCUT2D eigenvalue weighted by atomic mass is 10.3. The van der Waals surface area contributed by atoms with E-state index < -0.39 is 6.10 Å². The van der Waals surface area contributed by atoms with Crippen molar-refractivity contribution in [3.63, 3.8) is 0 Å². The zero-order chi connectivity index (χ0) is 18.6. The van der Waals surface area contributed by atoms with E-state index in [2.05, 4.69) is 5.32 Å². The first-order valence-electron chi connectivity index (χ1n) is 8.35. The molecule has 26 heavy (non-hydrogen) atoms. The Morgan fingerprint density at radius 2 is 1.65 bits per heavy atom. The van der Waals surface area contributed by atoms with E-state index in [1.807, 2.05) is 60.7 Å². The number of hydrogen-bond donors (Lipinski definition) is 3. The lowest BCUT2D eigenvalue weighted by Gasteiger charge is -2.09. The van der Waals surface area contributed by atoms with E-state index in [-0.39, 0.29) is 25.3 Å². The van der Waals surface area contributed by atoms with Crippen molar-refractivity contribution in [2.45, 2.75) is 12.2 Å². The molecular weight excluding hydrogens is 336 g/mol. The molecule has 3 rings (SSSR count). The van der Waals surface area contributed by atoms with Gasteiger partial charge in [-0.3, -0.25) is 0 Å². The number of nitrogens with one attached hydrogen (secondary N) is 1. The Morgan fingerprint density at radius 1 is 1.08 bits per heavy atom. The molecule has 0 aliphatic carbocycles. The Morgan fingerprint density at radius 3 is 2.15 bits per heavy atom. The number of amides is 1. The van der Waals surface area contributed by atoms with Crippen LogP contribution < -0.4 is 20.5 Å². The summed E-state index contributed by atoms with van der Waals surface area (Å²) in [4.78, 5) is 10.7. The highest BCUT2D eigenvalue weighted by molar-refractivity contribution is 5.69. The van der Waals surface area contributed by atoms with E-state index in [9.17, 15) is 4.79 Å². The molecule has 1 fully saturated rings. The van der Waals surface area contributed by atoms with Gasteiger partial charge >= 0.3 is 6.09 Å². The fraction of sp³-hybridized carbons (Fsp3) is 0.316. The number of cyclic esters (lactones) is 1. The number of alkyl carbamates (subject to hydrolysis) is 1. The molecule has 7 heteroatoms. The zero-order valence-corrected chi connectivity index (χ0v) is 14.4. The van der Waals surface area contributed by atoms with Crippen molar-refractivity contribution in [3.05, 3.63) is 60.7 Å². The highest BCUT2D eigenvalue weighted by atomic mass is 16.6. The average Bonchev–Trinajstić information content (AvgIpc) is 3.12. The van der Waals surface area contributed by atoms with Gasteiger partial charge in [-0.1, -0.05) is 36.4 Å². The van der Waals surface area contributed by atoms with Gasteiger partial charge in [0, 0.05) is 6.54 Å². The molecule has 4 N–H and O–H groups in total. The molecule has 1 amide bonds. The van der Waals surface area contributed by atoms with Crippen LogP contribution in [0, 0.1) is 0 Å². The second-order valence-corrected chi connectivity index (χ2v) is 5.55. The summed E-state index contributed by atoms with van der Waals surface area (Å²) in [6.45, 7) is 1.39. The van der Waals surface area contributed by atoms with Crippen LogP contribution in [0.25, 0.3) is 0 Å². The quantitative estimate of drug-likeness (QED) is 0.692. The highest BCUT2D eigenvalue weighted by Crippen LogP contribution is 2.10. The SMILES string of the molecule is NCC(O)COc1ccccc1.O=C1NCC(COc2ccccc2)O1. The summed E-state index contributed by atoms with van der Waals surface area (Å²) in [5, 5.41) is 11.6. The van der Waals surface area contributed by atoms with Crippen LogP contribution >= 0.6 is 0 Å². The van der Waals surface area contributed by atoms with Crippen molar-refractivity contribution in [2.75, 3.05) is 26.3 Å². The Hall–Kier alpha value is -2.77. The number of para-hydroxylation sites is 2. The average molecular weight is 360 g/mol. The number of rotatable bonds is 7. The van der Waals surface area contributed by atoms with E-state index in [4.69, 9.17) is 25.1 Å². The van der Waals surface area contributed by atoms with Crippen LogP contribution in [-0.2, 0) is 4.74 Å². The van der Waals surface area contributed by atoms with Crippen LogP contribution in [0.15, 0.2) is 60.7 Å². The van der Waals surface area contributed by atoms with Crippen molar-refractivity contribution in [2.24, 2.45) is 5.73 Å². The van der Waals surface area contributed by atoms with Gasteiger partial charge in [0.05, 0.1) is 6.54 Å². The van der Waals surface area contributed by atoms with E-state index in [0.717, 1.165) is 11.5 Å². The summed E-state index contributed by atoms with van der Waals surface area (Å²) in [6, 6.07) is 18.8. The number of nitrogens with two attached hydrogens (primary N) is 1. The molecule has 1 saturated heterocycles. The zero-order valence-electron chi connectivity index (χ0n) is 14.4. The molecule has 140 valence electrons. The Balaban J connectivity index is 0.000000190. The maximum atomic E-state index is 10.7. The molecular formula is C19H24N2O5.